The lowest BCUT2D eigenvalue weighted by molar-refractivity contribution is -0.133. The Kier molecular flexibility index (Phi) is 7.43. The second-order valence-corrected chi connectivity index (χ2v) is 4.29. The summed E-state index contributed by atoms with van der Waals surface area (Å²) in [6, 6.07) is -0.296. The minimum Gasteiger partial charge on any atom is -0.341 e. The van der Waals surface area contributed by atoms with Crippen molar-refractivity contribution >= 4 is 18.3 Å². The minimum absolute atomic E-state index is 0. The number of carbonyl (C=O) groups excluding carboxylic acids is 1. The van der Waals surface area contributed by atoms with Crippen LogP contribution in [0.25, 0.3) is 0 Å². The van der Waals surface area contributed by atoms with E-state index < -0.39 is 0 Å². The third-order valence-electron chi connectivity index (χ3n) is 3.10. The van der Waals surface area contributed by atoms with E-state index in [1.54, 1.807) is 0 Å². The molecule has 94 valence electrons. The molecule has 0 spiro atoms. The maximum absolute atomic E-state index is 11.9. The summed E-state index contributed by atoms with van der Waals surface area (Å²) in [5, 5.41) is 0. The molecule has 16 heavy (non-hydrogen) atoms. The first-order chi connectivity index (χ1) is 7.19. The molecule has 1 fully saturated rings. The van der Waals surface area contributed by atoms with Crippen LogP contribution in [0.2, 0.25) is 0 Å². The Bertz CT molecular complexity index is 225. The van der Waals surface area contributed by atoms with E-state index in [1.807, 2.05) is 11.0 Å². The molecule has 0 aliphatic carbocycles. The maximum atomic E-state index is 11.9. The van der Waals surface area contributed by atoms with Crippen molar-refractivity contribution in [1.82, 2.24) is 4.90 Å². The van der Waals surface area contributed by atoms with Crippen molar-refractivity contribution in [3.8, 4) is 0 Å². The van der Waals surface area contributed by atoms with Gasteiger partial charge in [-0.05, 0) is 25.2 Å². The highest BCUT2D eigenvalue weighted by Gasteiger charge is 2.24. The lowest BCUT2D eigenvalue weighted by Crippen LogP contribution is -2.46. The van der Waals surface area contributed by atoms with E-state index in [1.165, 1.54) is 0 Å². The summed E-state index contributed by atoms with van der Waals surface area (Å²) in [7, 11) is 0. The number of nitrogens with zero attached hydrogens (tertiary/aromatic N) is 1. The Morgan fingerprint density at radius 1 is 1.56 bits per heavy atom. The molecule has 1 unspecified atom stereocenters. The van der Waals surface area contributed by atoms with E-state index in [0.29, 0.717) is 5.92 Å². The van der Waals surface area contributed by atoms with Crippen molar-refractivity contribution in [1.29, 1.82) is 0 Å². The van der Waals surface area contributed by atoms with Crippen LogP contribution in [0.1, 0.15) is 32.6 Å². The molecule has 0 aromatic heterocycles. The Hall–Kier alpha value is -0.540. The van der Waals surface area contributed by atoms with E-state index in [0.717, 1.165) is 38.8 Å². The summed E-state index contributed by atoms with van der Waals surface area (Å²) in [5.74, 6) is 0.704. The van der Waals surface area contributed by atoms with E-state index in [2.05, 4.69) is 13.5 Å². The molecule has 1 aliphatic rings. The third-order valence-corrected chi connectivity index (χ3v) is 3.10. The first kappa shape index (κ1) is 15.5. The molecule has 1 atom stereocenters. The average molecular weight is 247 g/mol. The molecule has 1 aliphatic heterocycles. The zero-order valence-corrected chi connectivity index (χ0v) is 10.8. The SMILES string of the molecule is C=CC1CCN(C(=O)C(N)CCC)CC1.Cl. The van der Waals surface area contributed by atoms with Gasteiger partial charge in [-0.15, -0.1) is 19.0 Å². The molecule has 0 saturated carbocycles. The summed E-state index contributed by atoms with van der Waals surface area (Å²) in [5.41, 5.74) is 5.81. The fraction of sp³-hybridized carbons (Fsp3) is 0.750. The molecule has 1 amide bonds. The second-order valence-electron chi connectivity index (χ2n) is 4.29. The van der Waals surface area contributed by atoms with Crippen LogP contribution in [0.4, 0.5) is 0 Å². The Morgan fingerprint density at radius 2 is 2.12 bits per heavy atom. The lowest BCUT2D eigenvalue weighted by Gasteiger charge is -2.32. The maximum Gasteiger partial charge on any atom is 0.239 e. The van der Waals surface area contributed by atoms with E-state index in [4.69, 9.17) is 5.73 Å². The molecule has 3 nitrogen and oxygen atoms in total. The molecular formula is C12H23ClN2O. The van der Waals surface area contributed by atoms with Crippen LogP contribution >= 0.6 is 12.4 Å². The number of halogens is 1. The number of amides is 1. The summed E-state index contributed by atoms with van der Waals surface area (Å²) >= 11 is 0. The normalized spacial score (nSPS) is 18.8. The number of allylic oxidation sites excluding steroid dienone is 1. The van der Waals surface area contributed by atoms with Crippen molar-refractivity contribution in [2.24, 2.45) is 11.7 Å². The van der Waals surface area contributed by atoms with Gasteiger partial charge in [0.05, 0.1) is 6.04 Å². The number of hydrogen-bond acceptors (Lipinski definition) is 2. The van der Waals surface area contributed by atoms with Gasteiger partial charge in [0.2, 0.25) is 5.91 Å². The molecule has 1 heterocycles. The van der Waals surface area contributed by atoms with Gasteiger partial charge in [0.1, 0.15) is 0 Å². The van der Waals surface area contributed by atoms with E-state index >= 15 is 0 Å². The van der Waals surface area contributed by atoms with Gasteiger partial charge < -0.3 is 10.6 Å². The number of nitrogens with two attached hydrogens (primary N) is 1. The van der Waals surface area contributed by atoms with Gasteiger partial charge in [0, 0.05) is 13.1 Å². The van der Waals surface area contributed by atoms with Crippen LogP contribution in [-0.2, 0) is 4.79 Å². The Balaban J connectivity index is 0.00000225. The molecular weight excluding hydrogens is 224 g/mol. The van der Waals surface area contributed by atoms with Gasteiger partial charge in [-0.1, -0.05) is 19.4 Å². The molecule has 4 heteroatoms. The van der Waals surface area contributed by atoms with Gasteiger partial charge in [-0.2, -0.15) is 0 Å². The van der Waals surface area contributed by atoms with Gasteiger partial charge in [-0.25, -0.2) is 0 Å². The first-order valence-corrected chi connectivity index (χ1v) is 5.86. The number of hydrogen-bond donors (Lipinski definition) is 1. The Labute approximate surface area is 104 Å². The number of rotatable bonds is 4. The highest BCUT2D eigenvalue weighted by atomic mass is 35.5. The predicted octanol–water partition coefficient (Wildman–Crippen LogP) is 1.96. The quantitative estimate of drug-likeness (QED) is 0.771. The molecule has 1 rings (SSSR count). The fourth-order valence-electron chi connectivity index (χ4n) is 2.02. The monoisotopic (exact) mass is 246 g/mol. The molecule has 0 aromatic carbocycles. The summed E-state index contributed by atoms with van der Waals surface area (Å²) in [4.78, 5) is 13.8. The zero-order valence-electron chi connectivity index (χ0n) is 10.0. The topological polar surface area (TPSA) is 46.3 Å². The van der Waals surface area contributed by atoms with Crippen molar-refractivity contribution in [3.05, 3.63) is 12.7 Å². The van der Waals surface area contributed by atoms with Gasteiger partial charge >= 0.3 is 0 Å². The first-order valence-electron chi connectivity index (χ1n) is 5.86. The highest BCUT2D eigenvalue weighted by Crippen LogP contribution is 2.18. The van der Waals surface area contributed by atoms with Crippen molar-refractivity contribution in [3.63, 3.8) is 0 Å². The standard InChI is InChI=1S/C12H22N2O.ClH/c1-3-5-11(13)12(15)14-8-6-10(4-2)7-9-14;/h4,10-11H,2-3,5-9,13H2,1H3;1H. The molecule has 1 saturated heterocycles. The smallest absolute Gasteiger partial charge is 0.239 e. The largest absolute Gasteiger partial charge is 0.341 e. The number of likely N-dealkylation sites (tertiary alicyclic amines) is 1. The third kappa shape index (κ3) is 4.14. The highest BCUT2D eigenvalue weighted by molar-refractivity contribution is 5.85. The van der Waals surface area contributed by atoms with Crippen LogP contribution in [0, 0.1) is 5.92 Å². The summed E-state index contributed by atoms with van der Waals surface area (Å²) in [6.45, 7) is 7.52. The second kappa shape index (κ2) is 7.69. The summed E-state index contributed by atoms with van der Waals surface area (Å²) < 4.78 is 0. The fourth-order valence-corrected chi connectivity index (χ4v) is 2.02. The van der Waals surface area contributed by atoms with Crippen LogP contribution < -0.4 is 5.73 Å². The number of carbonyl (C=O) groups is 1. The van der Waals surface area contributed by atoms with Crippen LogP contribution in [0.5, 0.6) is 0 Å². The Morgan fingerprint density at radius 3 is 2.56 bits per heavy atom. The minimum atomic E-state index is -0.296. The molecule has 0 radical (unpaired) electrons. The lowest BCUT2D eigenvalue weighted by atomic mass is 9.96. The van der Waals surface area contributed by atoms with Crippen LogP contribution in [0.15, 0.2) is 12.7 Å². The molecule has 0 aromatic rings. The van der Waals surface area contributed by atoms with E-state index in [-0.39, 0.29) is 24.4 Å². The van der Waals surface area contributed by atoms with Crippen molar-refractivity contribution in [2.75, 3.05) is 13.1 Å². The van der Waals surface area contributed by atoms with Crippen molar-refractivity contribution < 1.29 is 4.79 Å². The van der Waals surface area contributed by atoms with E-state index in [9.17, 15) is 4.79 Å². The predicted molar refractivity (Wildman–Crippen MR) is 69.6 cm³/mol. The zero-order chi connectivity index (χ0) is 11.3. The van der Waals surface area contributed by atoms with Gasteiger partial charge in [-0.3, -0.25) is 4.79 Å². The summed E-state index contributed by atoms with van der Waals surface area (Å²) in [6.07, 6.45) is 5.83. The number of piperidine rings is 1. The van der Waals surface area contributed by atoms with Gasteiger partial charge in [0.15, 0.2) is 0 Å². The van der Waals surface area contributed by atoms with Gasteiger partial charge in [0.25, 0.3) is 0 Å². The molecule has 0 bridgehead atoms. The van der Waals surface area contributed by atoms with Crippen LogP contribution in [0.3, 0.4) is 0 Å². The average Bonchev–Trinajstić information content (AvgIpc) is 2.28. The van der Waals surface area contributed by atoms with Crippen LogP contribution in [-0.4, -0.2) is 29.9 Å². The van der Waals surface area contributed by atoms with Crippen molar-refractivity contribution in [2.45, 2.75) is 38.6 Å². The molecule has 2 N–H and O–H groups in total.